The van der Waals surface area contributed by atoms with Crippen LogP contribution in [0.4, 0.5) is 8.78 Å². The number of hydrogen-bond acceptors (Lipinski definition) is 4. The highest BCUT2D eigenvalue weighted by atomic mass is 35.5. The highest BCUT2D eigenvalue weighted by molar-refractivity contribution is 5.85. The molecule has 0 aliphatic carbocycles. The lowest BCUT2D eigenvalue weighted by Crippen LogP contribution is -2.44. The van der Waals surface area contributed by atoms with Gasteiger partial charge in [0.25, 0.3) is 0 Å². The van der Waals surface area contributed by atoms with Gasteiger partial charge in [-0.05, 0) is 18.6 Å². The van der Waals surface area contributed by atoms with Crippen molar-refractivity contribution in [3.05, 3.63) is 29.8 Å². The highest BCUT2D eigenvalue weighted by Gasteiger charge is 2.14. The molecule has 0 aliphatic heterocycles. The maximum atomic E-state index is 12.9. The van der Waals surface area contributed by atoms with Gasteiger partial charge in [-0.3, -0.25) is 4.79 Å². The molecule has 0 heterocycles. The number of hydrogen-bond donors (Lipinski definition) is 3. The minimum Gasteiger partial charge on any atom is -0.491 e. The van der Waals surface area contributed by atoms with Crippen LogP contribution in [0, 0.1) is 11.6 Å². The number of rotatable bonds is 8. The number of nitrogens with two attached hydrogens (primary N) is 1. The third kappa shape index (κ3) is 7.02. The number of nitrogens with one attached hydrogen (secondary N) is 1. The number of benzene rings is 1. The molecule has 1 aromatic carbocycles. The van der Waals surface area contributed by atoms with Gasteiger partial charge in [0, 0.05) is 12.6 Å². The highest BCUT2D eigenvalue weighted by Crippen LogP contribution is 2.15. The molecule has 126 valence electrons. The lowest BCUT2D eigenvalue weighted by Gasteiger charge is -2.15. The van der Waals surface area contributed by atoms with Crippen LogP contribution in [0.25, 0.3) is 0 Å². The van der Waals surface area contributed by atoms with E-state index in [0.29, 0.717) is 6.42 Å². The summed E-state index contributed by atoms with van der Waals surface area (Å²) in [6.07, 6.45) is 0.375. The number of aliphatic hydroxyl groups excluding tert-OH is 1. The van der Waals surface area contributed by atoms with Crippen LogP contribution < -0.4 is 15.8 Å². The Morgan fingerprint density at radius 2 is 2.09 bits per heavy atom. The molecule has 5 nitrogen and oxygen atoms in total. The Labute approximate surface area is 134 Å². The third-order valence-corrected chi connectivity index (χ3v) is 2.78. The molecule has 1 rings (SSSR count). The zero-order valence-electron chi connectivity index (χ0n) is 12.2. The quantitative estimate of drug-likeness (QED) is 0.668. The zero-order valence-corrected chi connectivity index (χ0v) is 13.0. The largest absolute Gasteiger partial charge is 0.491 e. The van der Waals surface area contributed by atoms with Crippen molar-refractivity contribution in [1.29, 1.82) is 0 Å². The Bertz CT molecular complexity index is 477. The molecular formula is C14H21ClF2N2O3. The second kappa shape index (κ2) is 10.3. The van der Waals surface area contributed by atoms with Gasteiger partial charge in [-0.25, -0.2) is 8.78 Å². The molecule has 1 aromatic rings. The van der Waals surface area contributed by atoms with E-state index in [9.17, 15) is 18.7 Å². The number of carbonyl (C=O) groups excluding carboxylic acids is 1. The molecule has 4 N–H and O–H groups in total. The predicted octanol–water partition coefficient (Wildman–Crippen LogP) is 1.37. The number of ether oxygens (including phenoxy) is 1. The lowest BCUT2D eigenvalue weighted by molar-refractivity contribution is -0.123. The first-order chi connectivity index (χ1) is 9.93. The second-order valence-corrected chi connectivity index (χ2v) is 4.68. The molecule has 0 bridgehead atoms. The van der Waals surface area contributed by atoms with Crippen LogP contribution in [0.5, 0.6) is 5.75 Å². The van der Waals surface area contributed by atoms with Gasteiger partial charge in [0.2, 0.25) is 5.91 Å². The van der Waals surface area contributed by atoms with Crippen molar-refractivity contribution in [3.8, 4) is 5.75 Å². The smallest absolute Gasteiger partial charge is 0.237 e. The topological polar surface area (TPSA) is 84.6 Å². The standard InChI is InChI=1S/C14H20F2N2O3.ClH/c1-2-3-13(17)14(20)18-7-9(19)8-21-10-4-5-11(15)12(16)6-10;/h4-6,9,13,19H,2-3,7-8,17H2,1H3,(H,18,20);1H. The van der Waals surface area contributed by atoms with E-state index >= 15 is 0 Å². The van der Waals surface area contributed by atoms with Crippen molar-refractivity contribution in [3.63, 3.8) is 0 Å². The van der Waals surface area contributed by atoms with Crippen molar-refractivity contribution >= 4 is 18.3 Å². The molecule has 2 atom stereocenters. The van der Waals surface area contributed by atoms with Gasteiger partial charge >= 0.3 is 0 Å². The van der Waals surface area contributed by atoms with Gasteiger partial charge in [0.05, 0.1) is 6.04 Å². The minimum absolute atomic E-state index is 0. The van der Waals surface area contributed by atoms with Gasteiger partial charge in [-0.15, -0.1) is 12.4 Å². The van der Waals surface area contributed by atoms with Crippen molar-refractivity contribution in [2.45, 2.75) is 31.9 Å². The molecule has 2 unspecified atom stereocenters. The Kier molecular flexibility index (Phi) is 9.64. The molecule has 0 radical (unpaired) electrons. The van der Waals surface area contributed by atoms with E-state index in [2.05, 4.69) is 5.32 Å². The normalized spacial score (nSPS) is 13.0. The summed E-state index contributed by atoms with van der Waals surface area (Å²) in [6.45, 7) is 1.73. The van der Waals surface area contributed by atoms with Crippen molar-refractivity contribution in [2.75, 3.05) is 13.2 Å². The molecule has 0 saturated carbocycles. The average molecular weight is 339 g/mol. The number of amides is 1. The summed E-state index contributed by atoms with van der Waals surface area (Å²) < 4.78 is 30.7. The SMILES string of the molecule is CCCC(N)C(=O)NCC(O)COc1ccc(F)c(F)c1.Cl. The fourth-order valence-corrected chi connectivity index (χ4v) is 1.61. The van der Waals surface area contributed by atoms with Crippen molar-refractivity contribution in [1.82, 2.24) is 5.32 Å². The van der Waals surface area contributed by atoms with E-state index in [-0.39, 0.29) is 37.2 Å². The van der Waals surface area contributed by atoms with E-state index in [0.717, 1.165) is 18.6 Å². The lowest BCUT2D eigenvalue weighted by atomic mass is 10.1. The van der Waals surface area contributed by atoms with E-state index in [1.54, 1.807) is 0 Å². The van der Waals surface area contributed by atoms with Crippen LogP contribution in [-0.2, 0) is 4.79 Å². The van der Waals surface area contributed by atoms with E-state index in [4.69, 9.17) is 10.5 Å². The van der Waals surface area contributed by atoms with Gasteiger partial charge in [0.1, 0.15) is 18.5 Å². The average Bonchev–Trinajstić information content (AvgIpc) is 2.46. The molecule has 22 heavy (non-hydrogen) atoms. The van der Waals surface area contributed by atoms with Crippen LogP contribution in [0.15, 0.2) is 18.2 Å². The summed E-state index contributed by atoms with van der Waals surface area (Å²) >= 11 is 0. The summed E-state index contributed by atoms with van der Waals surface area (Å²) in [5.74, 6) is -2.24. The van der Waals surface area contributed by atoms with E-state index in [1.807, 2.05) is 6.92 Å². The molecule has 8 heteroatoms. The molecule has 1 amide bonds. The van der Waals surface area contributed by atoms with Gasteiger partial charge in [-0.1, -0.05) is 13.3 Å². The molecule has 0 aromatic heterocycles. The van der Waals surface area contributed by atoms with E-state index in [1.165, 1.54) is 6.07 Å². The minimum atomic E-state index is -1.03. The third-order valence-electron chi connectivity index (χ3n) is 2.78. The first kappa shape index (κ1) is 20.6. The van der Waals surface area contributed by atoms with Crippen LogP contribution in [0.3, 0.4) is 0 Å². The molecular weight excluding hydrogens is 318 g/mol. The van der Waals surface area contributed by atoms with Gasteiger partial charge in [-0.2, -0.15) is 0 Å². The Morgan fingerprint density at radius 3 is 2.68 bits per heavy atom. The van der Waals surface area contributed by atoms with Crippen LogP contribution in [-0.4, -0.2) is 36.3 Å². The van der Waals surface area contributed by atoms with Crippen LogP contribution in [0.1, 0.15) is 19.8 Å². The molecule has 0 aliphatic rings. The first-order valence-electron chi connectivity index (χ1n) is 6.73. The Balaban J connectivity index is 0.00000441. The van der Waals surface area contributed by atoms with Crippen LogP contribution in [0.2, 0.25) is 0 Å². The van der Waals surface area contributed by atoms with Crippen molar-refractivity contribution in [2.24, 2.45) is 5.73 Å². The summed E-state index contributed by atoms with van der Waals surface area (Å²) in [7, 11) is 0. The number of aliphatic hydroxyl groups is 1. The van der Waals surface area contributed by atoms with E-state index < -0.39 is 23.8 Å². The van der Waals surface area contributed by atoms with Gasteiger partial charge in [0.15, 0.2) is 11.6 Å². The van der Waals surface area contributed by atoms with Crippen molar-refractivity contribution < 1.29 is 23.4 Å². The predicted molar refractivity (Wildman–Crippen MR) is 81.0 cm³/mol. The Hall–Kier alpha value is -1.44. The Morgan fingerprint density at radius 1 is 1.41 bits per heavy atom. The summed E-state index contributed by atoms with van der Waals surface area (Å²) in [4.78, 5) is 11.5. The maximum absolute atomic E-state index is 12.9. The zero-order chi connectivity index (χ0) is 15.8. The first-order valence-corrected chi connectivity index (χ1v) is 6.73. The van der Waals surface area contributed by atoms with Crippen LogP contribution >= 0.6 is 12.4 Å². The number of carbonyl (C=O) groups is 1. The second-order valence-electron chi connectivity index (χ2n) is 4.68. The molecule has 0 saturated heterocycles. The monoisotopic (exact) mass is 338 g/mol. The summed E-state index contributed by atoms with van der Waals surface area (Å²) in [6, 6.07) is 2.47. The fraction of sp³-hybridized carbons (Fsp3) is 0.500. The molecule has 0 spiro atoms. The van der Waals surface area contributed by atoms with Gasteiger partial charge < -0.3 is 20.9 Å². The summed E-state index contributed by atoms with van der Waals surface area (Å²) in [5, 5.41) is 12.1. The molecule has 0 fully saturated rings. The fourth-order valence-electron chi connectivity index (χ4n) is 1.61. The maximum Gasteiger partial charge on any atom is 0.237 e. The summed E-state index contributed by atoms with van der Waals surface area (Å²) in [5.41, 5.74) is 5.61. The number of halogens is 3.